The van der Waals surface area contributed by atoms with Crippen LogP contribution in [-0.2, 0) is 28.6 Å². The van der Waals surface area contributed by atoms with E-state index in [2.05, 4.69) is 10.1 Å². The fourth-order valence-corrected chi connectivity index (χ4v) is 2.66. The van der Waals surface area contributed by atoms with Gasteiger partial charge in [0, 0.05) is 6.54 Å². The Balaban J connectivity index is 2.95. The summed E-state index contributed by atoms with van der Waals surface area (Å²) in [6, 6.07) is -1.93. The third-order valence-electron chi connectivity index (χ3n) is 3.85. The second kappa shape index (κ2) is 9.40. The van der Waals surface area contributed by atoms with Gasteiger partial charge < -0.3 is 24.4 Å². The van der Waals surface area contributed by atoms with Gasteiger partial charge >= 0.3 is 18.0 Å². The molecule has 1 aliphatic rings. The highest BCUT2D eigenvalue weighted by Gasteiger charge is 2.38. The van der Waals surface area contributed by atoms with Gasteiger partial charge in [0.2, 0.25) is 5.91 Å². The number of nitrogens with one attached hydrogen (secondary N) is 1. The number of esters is 2. The van der Waals surface area contributed by atoms with E-state index >= 15 is 0 Å². The van der Waals surface area contributed by atoms with E-state index in [1.807, 2.05) is 0 Å². The number of ether oxygens (including phenoxy) is 3. The van der Waals surface area contributed by atoms with E-state index in [0.29, 0.717) is 19.3 Å². The smallest absolute Gasteiger partial charge is 0.408 e. The van der Waals surface area contributed by atoms with Crippen LogP contribution in [0.2, 0.25) is 0 Å². The van der Waals surface area contributed by atoms with Gasteiger partial charge in [0.1, 0.15) is 17.7 Å². The molecule has 0 aliphatic carbocycles. The molecule has 1 rings (SSSR count). The minimum atomic E-state index is -1.10. The highest BCUT2D eigenvalue weighted by Crippen LogP contribution is 2.18. The summed E-state index contributed by atoms with van der Waals surface area (Å²) in [6.45, 7) is 5.44. The van der Waals surface area contributed by atoms with Crippen molar-refractivity contribution in [2.45, 2.75) is 64.1 Å². The molecule has 1 heterocycles. The predicted octanol–water partition coefficient (Wildman–Crippen LogP) is 0.997. The van der Waals surface area contributed by atoms with Crippen molar-refractivity contribution in [1.82, 2.24) is 10.2 Å². The van der Waals surface area contributed by atoms with E-state index < -0.39 is 41.6 Å². The third-order valence-corrected chi connectivity index (χ3v) is 3.85. The highest BCUT2D eigenvalue weighted by atomic mass is 16.6. The second-order valence-electron chi connectivity index (χ2n) is 7.05. The molecule has 0 spiro atoms. The van der Waals surface area contributed by atoms with Crippen molar-refractivity contribution in [3.8, 4) is 0 Å². The minimum absolute atomic E-state index is 0.280. The molecule has 0 aromatic heterocycles. The fourth-order valence-electron chi connectivity index (χ4n) is 2.66. The van der Waals surface area contributed by atoms with Gasteiger partial charge in [0.15, 0.2) is 0 Å². The molecule has 1 saturated heterocycles. The Labute approximate surface area is 153 Å². The summed E-state index contributed by atoms with van der Waals surface area (Å²) in [5.41, 5.74) is -0.697. The molecule has 0 radical (unpaired) electrons. The highest BCUT2D eigenvalue weighted by molar-refractivity contribution is 5.91. The van der Waals surface area contributed by atoms with Gasteiger partial charge in [-0.05, 0) is 40.0 Å². The number of likely N-dealkylation sites (tertiary alicyclic amines) is 1. The Bertz CT molecular complexity index is 542. The molecule has 0 saturated carbocycles. The van der Waals surface area contributed by atoms with Gasteiger partial charge in [0.25, 0.3) is 0 Å². The van der Waals surface area contributed by atoms with E-state index in [-0.39, 0.29) is 13.0 Å². The first-order chi connectivity index (χ1) is 12.1. The van der Waals surface area contributed by atoms with Crippen LogP contribution in [0.5, 0.6) is 0 Å². The van der Waals surface area contributed by atoms with Gasteiger partial charge in [-0.15, -0.1) is 0 Å². The Hall–Kier alpha value is -2.32. The van der Waals surface area contributed by atoms with E-state index in [0.717, 1.165) is 0 Å². The molecule has 1 fully saturated rings. The predicted molar refractivity (Wildman–Crippen MR) is 91.2 cm³/mol. The molecule has 148 valence electrons. The van der Waals surface area contributed by atoms with Crippen LogP contribution in [0.1, 0.15) is 46.5 Å². The number of nitrogens with zero attached hydrogens (tertiary/aromatic N) is 1. The number of methoxy groups -OCH3 is 2. The van der Waals surface area contributed by atoms with Gasteiger partial charge in [-0.1, -0.05) is 0 Å². The number of hydrogen-bond acceptors (Lipinski definition) is 7. The average molecular weight is 372 g/mol. The van der Waals surface area contributed by atoms with Crippen LogP contribution in [-0.4, -0.2) is 67.3 Å². The molecular weight excluding hydrogens is 344 g/mol. The quantitative estimate of drug-likeness (QED) is 0.566. The van der Waals surface area contributed by atoms with Crippen molar-refractivity contribution in [3.05, 3.63) is 0 Å². The van der Waals surface area contributed by atoms with Crippen LogP contribution < -0.4 is 5.32 Å². The zero-order chi connectivity index (χ0) is 19.9. The summed E-state index contributed by atoms with van der Waals surface area (Å²) in [5, 5.41) is 2.55. The molecule has 2 amide bonds. The van der Waals surface area contributed by atoms with Gasteiger partial charge in [0.05, 0.1) is 20.6 Å². The summed E-state index contributed by atoms with van der Waals surface area (Å²) in [5.74, 6) is -1.79. The van der Waals surface area contributed by atoms with Crippen molar-refractivity contribution >= 4 is 23.9 Å². The third kappa shape index (κ3) is 6.53. The molecule has 9 nitrogen and oxygen atoms in total. The van der Waals surface area contributed by atoms with E-state index in [4.69, 9.17) is 9.47 Å². The van der Waals surface area contributed by atoms with Crippen molar-refractivity contribution in [2.24, 2.45) is 0 Å². The van der Waals surface area contributed by atoms with Crippen LogP contribution in [0.4, 0.5) is 4.79 Å². The standard InChI is InChI=1S/C17H28N2O7/c1-17(2,3)26-16(23)18-11-8-6-7-9-19(14(11)21)12(15(22)25-5)10-13(20)24-4/h11-12H,6-10H2,1-5H3,(H,18,23)/t11-,12-/m0/s1. The maximum absolute atomic E-state index is 12.9. The number of carbonyl (C=O) groups is 4. The Morgan fingerprint density at radius 3 is 2.38 bits per heavy atom. The monoisotopic (exact) mass is 372 g/mol. The maximum atomic E-state index is 12.9. The Kier molecular flexibility index (Phi) is 7.85. The topological polar surface area (TPSA) is 111 Å². The molecule has 0 unspecified atom stereocenters. The Morgan fingerprint density at radius 1 is 1.19 bits per heavy atom. The lowest BCUT2D eigenvalue weighted by molar-refractivity contribution is -0.158. The number of amides is 2. The first kappa shape index (κ1) is 21.7. The van der Waals surface area contributed by atoms with Crippen LogP contribution in [0.3, 0.4) is 0 Å². The first-order valence-electron chi connectivity index (χ1n) is 8.53. The summed E-state index contributed by atoms with van der Waals surface area (Å²) >= 11 is 0. The van der Waals surface area contributed by atoms with Gasteiger partial charge in [-0.25, -0.2) is 9.59 Å². The zero-order valence-electron chi connectivity index (χ0n) is 16.0. The lowest BCUT2D eigenvalue weighted by Gasteiger charge is -2.31. The van der Waals surface area contributed by atoms with Crippen LogP contribution >= 0.6 is 0 Å². The Morgan fingerprint density at radius 2 is 1.85 bits per heavy atom. The number of carbonyl (C=O) groups excluding carboxylic acids is 4. The van der Waals surface area contributed by atoms with Crippen LogP contribution in [0, 0.1) is 0 Å². The fraction of sp³-hybridized carbons (Fsp3) is 0.765. The largest absolute Gasteiger partial charge is 0.469 e. The van der Waals surface area contributed by atoms with Crippen LogP contribution in [0.15, 0.2) is 0 Å². The SMILES string of the molecule is COC(=O)C[C@@H](C(=O)OC)N1CCCC[C@H](NC(=O)OC(C)(C)C)C1=O. The number of alkyl carbamates (subject to hydrolysis) is 1. The lowest BCUT2D eigenvalue weighted by Crippen LogP contribution is -2.54. The van der Waals surface area contributed by atoms with Crippen molar-refractivity contribution in [1.29, 1.82) is 0 Å². The first-order valence-corrected chi connectivity index (χ1v) is 8.53. The van der Waals surface area contributed by atoms with E-state index in [1.165, 1.54) is 19.1 Å². The van der Waals surface area contributed by atoms with E-state index in [9.17, 15) is 19.2 Å². The van der Waals surface area contributed by atoms with Crippen molar-refractivity contribution < 1.29 is 33.4 Å². The lowest BCUT2D eigenvalue weighted by atomic mass is 10.1. The van der Waals surface area contributed by atoms with Crippen molar-refractivity contribution in [3.63, 3.8) is 0 Å². The van der Waals surface area contributed by atoms with Crippen LogP contribution in [0.25, 0.3) is 0 Å². The van der Waals surface area contributed by atoms with Crippen molar-refractivity contribution in [2.75, 3.05) is 20.8 Å². The van der Waals surface area contributed by atoms with E-state index in [1.54, 1.807) is 20.8 Å². The van der Waals surface area contributed by atoms with Gasteiger partial charge in [-0.2, -0.15) is 0 Å². The molecule has 26 heavy (non-hydrogen) atoms. The normalized spacial score (nSPS) is 19.2. The molecule has 1 aliphatic heterocycles. The summed E-state index contributed by atoms with van der Waals surface area (Å²) in [4.78, 5) is 49.9. The summed E-state index contributed by atoms with van der Waals surface area (Å²) in [6.07, 6.45) is 0.705. The summed E-state index contributed by atoms with van der Waals surface area (Å²) < 4.78 is 14.5. The minimum Gasteiger partial charge on any atom is -0.469 e. The second-order valence-corrected chi connectivity index (χ2v) is 7.05. The summed E-state index contributed by atoms with van der Waals surface area (Å²) in [7, 11) is 2.39. The zero-order valence-corrected chi connectivity index (χ0v) is 16.0. The molecule has 2 atom stereocenters. The molecule has 0 aromatic carbocycles. The maximum Gasteiger partial charge on any atom is 0.408 e. The van der Waals surface area contributed by atoms with Gasteiger partial charge in [-0.3, -0.25) is 9.59 Å². The molecule has 0 bridgehead atoms. The number of rotatable bonds is 5. The number of hydrogen-bond donors (Lipinski definition) is 1. The molecule has 0 aromatic rings. The molecular formula is C17H28N2O7. The average Bonchev–Trinajstić information content (AvgIpc) is 2.72. The molecule has 1 N–H and O–H groups in total. The molecule has 9 heteroatoms.